The fourth-order valence-electron chi connectivity index (χ4n) is 1.94. The molecule has 0 radical (unpaired) electrons. The van der Waals surface area contributed by atoms with Crippen molar-refractivity contribution in [2.45, 2.75) is 24.8 Å². The van der Waals surface area contributed by atoms with E-state index in [-0.39, 0.29) is 16.9 Å². The van der Waals surface area contributed by atoms with Crippen LogP contribution in [0.15, 0.2) is 29.7 Å². The third kappa shape index (κ3) is 2.91. The van der Waals surface area contributed by atoms with Crippen LogP contribution in [0.4, 0.5) is 0 Å². The van der Waals surface area contributed by atoms with E-state index in [1.807, 2.05) is 25.5 Å². The zero-order valence-corrected chi connectivity index (χ0v) is 12.8. The predicted octanol–water partition coefficient (Wildman–Crippen LogP) is 0.829. The van der Waals surface area contributed by atoms with Crippen molar-refractivity contribution in [3.8, 4) is 0 Å². The van der Waals surface area contributed by atoms with Gasteiger partial charge in [-0.3, -0.25) is 4.68 Å². The molecule has 0 fully saturated rings. The molecule has 8 heteroatoms. The maximum absolute atomic E-state index is 12.4. The molecular weight excluding hydrogens is 278 g/mol. The van der Waals surface area contributed by atoms with Crippen LogP contribution in [0.25, 0.3) is 0 Å². The molecule has 0 aliphatic carbocycles. The Hall–Kier alpha value is -1.67. The van der Waals surface area contributed by atoms with Crippen LogP contribution in [0.1, 0.15) is 25.7 Å². The molecule has 2 aromatic rings. The van der Waals surface area contributed by atoms with Crippen molar-refractivity contribution in [1.29, 1.82) is 0 Å². The van der Waals surface area contributed by atoms with Gasteiger partial charge in [-0.15, -0.1) is 0 Å². The molecule has 0 spiro atoms. The van der Waals surface area contributed by atoms with Gasteiger partial charge in [0, 0.05) is 32.7 Å². The number of aryl methyl sites for hydroxylation is 2. The molecule has 0 aliphatic heterocycles. The summed E-state index contributed by atoms with van der Waals surface area (Å²) in [5.41, 5.74) is 0. The Morgan fingerprint density at radius 3 is 2.45 bits per heavy atom. The van der Waals surface area contributed by atoms with E-state index in [1.165, 1.54) is 17.1 Å². The Kier molecular flexibility index (Phi) is 3.96. The monoisotopic (exact) mass is 297 g/mol. The summed E-state index contributed by atoms with van der Waals surface area (Å²) in [6.07, 6.45) is 6.25. The van der Waals surface area contributed by atoms with Crippen LogP contribution in [0.5, 0.6) is 0 Å². The van der Waals surface area contributed by atoms with Gasteiger partial charge in [-0.25, -0.2) is 18.1 Å². The SMILES string of the molecule is CC(C)[C@H](NS(=O)(=O)c1cnn(C)c1)c1nccn1C. The summed E-state index contributed by atoms with van der Waals surface area (Å²) in [6.45, 7) is 3.90. The van der Waals surface area contributed by atoms with Crippen LogP contribution in [0, 0.1) is 5.92 Å². The standard InChI is InChI=1S/C12H19N5O2S/c1-9(2)11(12-13-5-6-16(12)3)15-20(18,19)10-7-14-17(4)8-10/h5-9,11,15H,1-4H3/t11-/m0/s1. The average Bonchev–Trinajstić information content (AvgIpc) is 2.95. The molecule has 0 aliphatic rings. The van der Waals surface area contributed by atoms with E-state index in [0.29, 0.717) is 5.82 Å². The van der Waals surface area contributed by atoms with Crippen molar-refractivity contribution in [2.75, 3.05) is 0 Å². The van der Waals surface area contributed by atoms with Crippen LogP contribution >= 0.6 is 0 Å². The Morgan fingerprint density at radius 2 is 2.00 bits per heavy atom. The molecule has 1 N–H and O–H groups in total. The van der Waals surface area contributed by atoms with E-state index >= 15 is 0 Å². The average molecular weight is 297 g/mol. The lowest BCUT2D eigenvalue weighted by molar-refractivity contribution is 0.435. The largest absolute Gasteiger partial charge is 0.337 e. The van der Waals surface area contributed by atoms with Gasteiger partial charge in [0.25, 0.3) is 0 Å². The Morgan fingerprint density at radius 1 is 1.30 bits per heavy atom. The minimum Gasteiger partial charge on any atom is -0.337 e. The van der Waals surface area contributed by atoms with Crippen molar-refractivity contribution in [3.63, 3.8) is 0 Å². The fraction of sp³-hybridized carbons (Fsp3) is 0.500. The molecule has 2 aromatic heterocycles. The highest BCUT2D eigenvalue weighted by molar-refractivity contribution is 7.89. The van der Waals surface area contributed by atoms with Crippen molar-refractivity contribution in [1.82, 2.24) is 24.1 Å². The maximum Gasteiger partial charge on any atom is 0.244 e. The third-order valence-corrected chi connectivity index (χ3v) is 4.47. The second-order valence-electron chi connectivity index (χ2n) is 5.09. The maximum atomic E-state index is 12.4. The van der Waals surface area contributed by atoms with Crippen molar-refractivity contribution in [3.05, 3.63) is 30.6 Å². The molecule has 0 saturated heterocycles. The Balaban J connectivity index is 2.32. The summed E-state index contributed by atoms with van der Waals surface area (Å²) < 4.78 is 30.7. The molecule has 0 saturated carbocycles. The number of hydrogen-bond acceptors (Lipinski definition) is 4. The van der Waals surface area contributed by atoms with E-state index < -0.39 is 10.0 Å². The Labute approximate surface area is 118 Å². The molecule has 1 atom stereocenters. The highest BCUT2D eigenvalue weighted by Crippen LogP contribution is 2.22. The number of hydrogen-bond donors (Lipinski definition) is 1. The second-order valence-corrected chi connectivity index (χ2v) is 6.80. The first-order chi connectivity index (χ1) is 9.31. The number of nitrogens with one attached hydrogen (secondary N) is 1. The predicted molar refractivity (Wildman–Crippen MR) is 74.3 cm³/mol. The van der Waals surface area contributed by atoms with Crippen molar-refractivity contribution < 1.29 is 8.42 Å². The topological polar surface area (TPSA) is 81.8 Å². The second kappa shape index (κ2) is 5.37. The van der Waals surface area contributed by atoms with Gasteiger partial charge in [-0.05, 0) is 5.92 Å². The highest BCUT2D eigenvalue weighted by Gasteiger charge is 2.27. The zero-order valence-electron chi connectivity index (χ0n) is 12.0. The van der Waals surface area contributed by atoms with Gasteiger partial charge < -0.3 is 4.57 Å². The number of rotatable bonds is 5. The third-order valence-electron chi connectivity index (χ3n) is 3.08. The van der Waals surface area contributed by atoms with Gasteiger partial charge in [-0.1, -0.05) is 13.8 Å². The van der Waals surface area contributed by atoms with Gasteiger partial charge in [0.2, 0.25) is 10.0 Å². The van der Waals surface area contributed by atoms with E-state index in [2.05, 4.69) is 14.8 Å². The minimum absolute atomic E-state index is 0.0718. The number of imidazole rings is 1. The van der Waals surface area contributed by atoms with Gasteiger partial charge in [-0.2, -0.15) is 5.10 Å². The molecule has 2 rings (SSSR count). The van der Waals surface area contributed by atoms with E-state index in [9.17, 15) is 8.42 Å². The molecule has 0 unspecified atom stereocenters. The van der Waals surface area contributed by atoms with Crippen LogP contribution in [-0.2, 0) is 24.1 Å². The molecular formula is C12H19N5O2S. The highest BCUT2D eigenvalue weighted by atomic mass is 32.2. The van der Waals surface area contributed by atoms with Gasteiger partial charge >= 0.3 is 0 Å². The van der Waals surface area contributed by atoms with E-state index in [0.717, 1.165) is 0 Å². The van der Waals surface area contributed by atoms with Crippen LogP contribution < -0.4 is 4.72 Å². The smallest absolute Gasteiger partial charge is 0.244 e. The normalized spacial score (nSPS) is 13.8. The molecule has 0 aromatic carbocycles. The minimum atomic E-state index is -3.61. The molecule has 0 bridgehead atoms. The van der Waals surface area contributed by atoms with Crippen LogP contribution in [-0.4, -0.2) is 27.7 Å². The first kappa shape index (κ1) is 14.7. The lowest BCUT2D eigenvalue weighted by Gasteiger charge is -2.21. The first-order valence-corrected chi connectivity index (χ1v) is 7.78. The lowest BCUT2D eigenvalue weighted by Crippen LogP contribution is -2.33. The molecule has 110 valence electrons. The van der Waals surface area contributed by atoms with Crippen LogP contribution in [0.3, 0.4) is 0 Å². The zero-order chi connectivity index (χ0) is 14.9. The quantitative estimate of drug-likeness (QED) is 0.886. The Bertz CT molecular complexity index is 686. The summed E-state index contributed by atoms with van der Waals surface area (Å²) in [7, 11) is -0.0915. The number of sulfonamides is 1. The number of aromatic nitrogens is 4. The molecule has 20 heavy (non-hydrogen) atoms. The van der Waals surface area contributed by atoms with Gasteiger partial charge in [0.05, 0.1) is 12.2 Å². The van der Waals surface area contributed by atoms with Gasteiger partial charge in [0.15, 0.2) is 0 Å². The summed E-state index contributed by atoms with van der Waals surface area (Å²) >= 11 is 0. The summed E-state index contributed by atoms with van der Waals surface area (Å²) in [5.74, 6) is 0.759. The molecule has 7 nitrogen and oxygen atoms in total. The van der Waals surface area contributed by atoms with Crippen LogP contribution in [0.2, 0.25) is 0 Å². The van der Waals surface area contributed by atoms with Gasteiger partial charge in [0.1, 0.15) is 10.7 Å². The molecule has 2 heterocycles. The van der Waals surface area contributed by atoms with E-state index in [1.54, 1.807) is 19.4 Å². The summed E-state index contributed by atoms with van der Waals surface area (Å²) in [6, 6.07) is -0.389. The fourth-order valence-corrected chi connectivity index (χ4v) is 3.26. The number of nitrogens with zero attached hydrogens (tertiary/aromatic N) is 4. The summed E-state index contributed by atoms with van der Waals surface area (Å²) in [5, 5.41) is 3.89. The van der Waals surface area contributed by atoms with E-state index in [4.69, 9.17) is 0 Å². The van der Waals surface area contributed by atoms with Crippen molar-refractivity contribution >= 4 is 10.0 Å². The molecule has 0 amide bonds. The van der Waals surface area contributed by atoms with Crippen molar-refractivity contribution in [2.24, 2.45) is 20.0 Å². The lowest BCUT2D eigenvalue weighted by atomic mass is 10.1. The first-order valence-electron chi connectivity index (χ1n) is 6.29. The summed E-state index contributed by atoms with van der Waals surface area (Å²) in [4.78, 5) is 4.39.